The van der Waals surface area contributed by atoms with Crippen molar-refractivity contribution in [3.05, 3.63) is 35.9 Å². The van der Waals surface area contributed by atoms with Crippen LogP contribution in [0.25, 0.3) is 0 Å². The van der Waals surface area contributed by atoms with Gasteiger partial charge in [0, 0.05) is 18.6 Å². The molecule has 0 saturated carbocycles. The van der Waals surface area contributed by atoms with Crippen LogP contribution < -0.4 is 0 Å². The first kappa shape index (κ1) is 10.7. The van der Waals surface area contributed by atoms with Crippen LogP contribution in [0.5, 0.6) is 0 Å². The topological polar surface area (TPSA) is 3.24 Å². The maximum atomic E-state index is 2.56. The van der Waals surface area contributed by atoms with Gasteiger partial charge < -0.3 is 0 Å². The largest absolute Gasteiger partial charge is 0.293 e. The molecule has 0 atom stereocenters. The summed E-state index contributed by atoms with van der Waals surface area (Å²) in [6, 6.07) is 10.7. The van der Waals surface area contributed by atoms with E-state index in [0.29, 0.717) is 11.0 Å². The molecule has 82 valence electrons. The van der Waals surface area contributed by atoms with E-state index in [1.54, 1.807) is 0 Å². The Balaban J connectivity index is 2.05. The molecule has 0 aliphatic carbocycles. The first-order chi connectivity index (χ1) is 6.93. The zero-order valence-corrected chi connectivity index (χ0v) is 10.2. The van der Waals surface area contributed by atoms with Crippen molar-refractivity contribution in [3.8, 4) is 0 Å². The zero-order chi connectivity index (χ0) is 11.1. The Labute approximate surface area is 93.1 Å². The fourth-order valence-corrected chi connectivity index (χ4v) is 2.26. The predicted molar refractivity (Wildman–Crippen MR) is 64.7 cm³/mol. The second kappa shape index (κ2) is 3.34. The van der Waals surface area contributed by atoms with Crippen LogP contribution in [-0.4, -0.2) is 17.0 Å². The van der Waals surface area contributed by atoms with E-state index in [2.05, 4.69) is 62.9 Å². The normalized spacial score (nSPS) is 23.5. The summed E-state index contributed by atoms with van der Waals surface area (Å²) in [6.07, 6.45) is 0. The molecule has 1 aliphatic rings. The fourth-order valence-electron chi connectivity index (χ4n) is 2.26. The predicted octanol–water partition coefficient (Wildman–Crippen LogP) is 3.31. The van der Waals surface area contributed by atoms with Crippen molar-refractivity contribution < 1.29 is 0 Å². The van der Waals surface area contributed by atoms with Crippen LogP contribution in [0.15, 0.2) is 30.3 Å². The van der Waals surface area contributed by atoms with Crippen molar-refractivity contribution in [2.45, 2.75) is 39.8 Å². The first-order valence-corrected chi connectivity index (χ1v) is 5.72. The maximum absolute atomic E-state index is 2.56. The van der Waals surface area contributed by atoms with Gasteiger partial charge in [-0.05, 0) is 24.8 Å². The molecule has 2 rings (SSSR count). The number of rotatable bonds is 2. The molecule has 1 saturated heterocycles. The molecule has 15 heavy (non-hydrogen) atoms. The lowest BCUT2D eigenvalue weighted by atomic mass is 9.65. The summed E-state index contributed by atoms with van der Waals surface area (Å²) in [5.74, 6) is 0. The number of nitrogens with zero attached hydrogens (tertiary/aromatic N) is 1. The molecule has 1 aromatic rings. The molecule has 0 bridgehead atoms. The number of hydrogen-bond acceptors (Lipinski definition) is 1. The Morgan fingerprint density at radius 3 is 2.13 bits per heavy atom. The van der Waals surface area contributed by atoms with E-state index in [9.17, 15) is 0 Å². The summed E-state index contributed by atoms with van der Waals surface area (Å²) >= 11 is 0. The molecular weight excluding hydrogens is 182 g/mol. The molecule has 1 aliphatic heterocycles. The highest BCUT2D eigenvalue weighted by Crippen LogP contribution is 2.46. The summed E-state index contributed by atoms with van der Waals surface area (Å²) in [4.78, 5) is 2.56. The van der Waals surface area contributed by atoms with Gasteiger partial charge in [0.1, 0.15) is 0 Å². The summed E-state index contributed by atoms with van der Waals surface area (Å²) in [6.45, 7) is 11.7. The lowest BCUT2D eigenvalue weighted by molar-refractivity contribution is -0.122. The molecule has 1 heteroatoms. The molecule has 1 heterocycles. The molecule has 0 spiro atoms. The van der Waals surface area contributed by atoms with Gasteiger partial charge in [0.05, 0.1) is 0 Å². The standard InChI is InChI=1S/C14H21N/c1-13(2)11-15(14(13,3)4)10-12-8-6-5-7-9-12/h5-9H,10-11H2,1-4H3. The van der Waals surface area contributed by atoms with Crippen molar-refractivity contribution in [1.82, 2.24) is 4.90 Å². The zero-order valence-electron chi connectivity index (χ0n) is 10.2. The smallest absolute Gasteiger partial charge is 0.0239 e. The minimum absolute atomic E-state index is 0.322. The SMILES string of the molecule is CC1(C)CN(Cc2ccccc2)C1(C)C. The maximum Gasteiger partial charge on any atom is 0.0239 e. The van der Waals surface area contributed by atoms with Crippen molar-refractivity contribution in [3.63, 3.8) is 0 Å². The average molecular weight is 203 g/mol. The summed E-state index contributed by atoms with van der Waals surface area (Å²) in [7, 11) is 0. The molecule has 1 aromatic carbocycles. The Kier molecular flexibility index (Phi) is 2.38. The van der Waals surface area contributed by atoms with Crippen LogP contribution in [0.2, 0.25) is 0 Å². The van der Waals surface area contributed by atoms with E-state index < -0.39 is 0 Å². The minimum atomic E-state index is 0.322. The summed E-state index contributed by atoms with van der Waals surface area (Å²) < 4.78 is 0. The van der Waals surface area contributed by atoms with E-state index in [1.165, 1.54) is 12.1 Å². The monoisotopic (exact) mass is 203 g/mol. The van der Waals surface area contributed by atoms with Crippen LogP contribution in [-0.2, 0) is 6.54 Å². The third kappa shape index (κ3) is 1.69. The van der Waals surface area contributed by atoms with Crippen LogP contribution in [0, 0.1) is 5.41 Å². The number of benzene rings is 1. The highest BCUT2D eigenvalue weighted by atomic mass is 15.3. The van der Waals surface area contributed by atoms with Crippen molar-refractivity contribution in [2.75, 3.05) is 6.54 Å². The molecule has 1 nitrogen and oxygen atoms in total. The quantitative estimate of drug-likeness (QED) is 0.713. The Bertz CT molecular complexity index is 338. The lowest BCUT2D eigenvalue weighted by Crippen LogP contribution is -2.68. The Hall–Kier alpha value is -0.820. The third-order valence-corrected chi connectivity index (χ3v) is 4.25. The van der Waals surface area contributed by atoms with E-state index in [-0.39, 0.29) is 0 Å². The molecule has 1 fully saturated rings. The average Bonchev–Trinajstić information content (AvgIpc) is 2.18. The minimum Gasteiger partial charge on any atom is -0.293 e. The van der Waals surface area contributed by atoms with Crippen LogP contribution in [0.1, 0.15) is 33.3 Å². The van der Waals surface area contributed by atoms with E-state index >= 15 is 0 Å². The van der Waals surface area contributed by atoms with E-state index in [0.717, 1.165) is 6.54 Å². The van der Waals surface area contributed by atoms with E-state index in [4.69, 9.17) is 0 Å². The molecular formula is C14H21N. The summed E-state index contributed by atoms with van der Waals surface area (Å²) in [5.41, 5.74) is 2.19. The van der Waals surface area contributed by atoms with Crippen molar-refractivity contribution in [2.24, 2.45) is 5.41 Å². The highest BCUT2D eigenvalue weighted by Gasteiger charge is 2.51. The van der Waals surface area contributed by atoms with Gasteiger partial charge in [0.2, 0.25) is 0 Å². The molecule has 0 amide bonds. The van der Waals surface area contributed by atoms with Gasteiger partial charge in [-0.15, -0.1) is 0 Å². The van der Waals surface area contributed by atoms with Crippen molar-refractivity contribution in [1.29, 1.82) is 0 Å². The lowest BCUT2D eigenvalue weighted by Gasteiger charge is -2.61. The second-order valence-corrected chi connectivity index (χ2v) is 5.78. The van der Waals surface area contributed by atoms with Crippen molar-refractivity contribution >= 4 is 0 Å². The van der Waals surface area contributed by atoms with Crippen LogP contribution in [0.3, 0.4) is 0 Å². The van der Waals surface area contributed by atoms with Gasteiger partial charge in [-0.2, -0.15) is 0 Å². The van der Waals surface area contributed by atoms with Gasteiger partial charge in [0.15, 0.2) is 0 Å². The highest BCUT2D eigenvalue weighted by molar-refractivity contribution is 5.17. The van der Waals surface area contributed by atoms with Gasteiger partial charge in [-0.1, -0.05) is 44.2 Å². The van der Waals surface area contributed by atoms with Gasteiger partial charge in [0.25, 0.3) is 0 Å². The fraction of sp³-hybridized carbons (Fsp3) is 0.571. The number of likely N-dealkylation sites (tertiary alicyclic amines) is 1. The third-order valence-electron chi connectivity index (χ3n) is 4.25. The molecule has 0 radical (unpaired) electrons. The van der Waals surface area contributed by atoms with Crippen LogP contribution in [0.4, 0.5) is 0 Å². The van der Waals surface area contributed by atoms with E-state index in [1.807, 2.05) is 0 Å². The Morgan fingerprint density at radius 2 is 1.67 bits per heavy atom. The van der Waals surface area contributed by atoms with Crippen LogP contribution >= 0.6 is 0 Å². The molecule has 0 aromatic heterocycles. The summed E-state index contributed by atoms with van der Waals surface area (Å²) in [5, 5.41) is 0. The molecule has 0 N–H and O–H groups in total. The van der Waals surface area contributed by atoms with Gasteiger partial charge in [-0.25, -0.2) is 0 Å². The Morgan fingerprint density at radius 1 is 1.07 bits per heavy atom. The number of hydrogen-bond donors (Lipinski definition) is 0. The first-order valence-electron chi connectivity index (χ1n) is 5.72. The second-order valence-electron chi connectivity index (χ2n) is 5.78. The van der Waals surface area contributed by atoms with Gasteiger partial charge >= 0.3 is 0 Å². The molecule has 0 unspecified atom stereocenters. The van der Waals surface area contributed by atoms with Gasteiger partial charge in [-0.3, -0.25) is 4.90 Å².